The lowest BCUT2D eigenvalue weighted by Crippen LogP contribution is -2.52. The molecule has 3 nitrogen and oxygen atoms in total. The third-order valence-corrected chi connectivity index (χ3v) is 8.22. The molecule has 0 aromatic carbocycles. The quantitative estimate of drug-likeness (QED) is 0.694. The highest BCUT2D eigenvalue weighted by Crippen LogP contribution is 2.63. The van der Waals surface area contributed by atoms with Crippen LogP contribution in [0.4, 0.5) is 0 Å². The fraction of sp³-hybridized carbons (Fsp3) is 0.857. The minimum atomic E-state index is -0.279. The first-order valence-corrected chi connectivity index (χ1v) is 9.70. The summed E-state index contributed by atoms with van der Waals surface area (Å²) in [7, 11) is 0. The van der Waals surface area contributed by atoms with Gasteiger partial charge in [-0.2, -0.15) is 0 Å². The van der Waals surface area contributed by atoms with E-state index in [1.807, 2.05) is 0 Å². The molecule has 3 rings (SSSR count). The van der Waals surface area contributed by atoms with Gasteiger partial charge in [0.25, 0.3) is 0 Å². The summed E-state index contributed by atoms with van der Waals surface area (Å²) in [4.78, 5) is 0. The standard InChI is InChI=1S/C21H34O3/c1-4-14-5-6-18-17(13-23)19(8-10-20(14,18)2)21(3)9-7-16(24)11-15(21)12-22/h15-19,22-24H,1,5-13H2,2-3H3/t15-,16+,17+,18?,19?,20-,21+/m1/s1. The summed E-state index contributed by atoms with van der Waals surface area (Å²) in [6.07, 6.45) is 6.60. The second-order valence-electron chi connectivity index (χ2n) is 9.02. The van der Waals surface area contributed by atoms with E-state index in [-0.39, 0.29) is 42.0 Å². The number of aliphatic hydroxyl groups is 3. The molecule has 0 bridgehead atoms. The molecule has 3 aliphatic rings. The van der Waals surface area contributed by atoms with Crippen molar-refractivity contribution in [3.63, 3.8) is 0 Å². The Kier molecular flexibility index (Phi) is 5.01. The number of aliphatic hydroxyl groups excluding tert-OH is 3. The Balaban J connectivity index is 1.91. The van der Waals surface area contributed by atoms with Gasteiger partial charge in [0.1, 0.15) is 0 Å². The molecule has 136 valence electrons. The van der Waals surface area contributed by atoms with Crippen molar-refractivity contribution in [2.24, 2.45) is 34.5 Å². The first-order chi connectivity index (χ1) is 11.4. The van der Waals surface area contributed by atoms with E-state index < -0.39 is 0 Å². The third kappa shape index (κ3) is 2.61. The van der Waals surface area contributed by atoms with Crippen LogP contribution in [0, 0.1) is 34.5 Å². The lowest BCUT2D eigenvalue weighted by molar-refractivity contribution is -0.104. The molecule has 3 saturated carbocycles. The monoisotopic (exact) mass is 334 g/mol. The van der Waals surface area contributed by atoms with Crippen LogP contribution in [0.5, 0.6) is 0 Å². The fourth-order valence-corrected chi connectivity index (χ4v) is 6.63. The van der Waals surface area contributed by atoms with E-state index in [9.17, 15) is 15.3 Å². The molecule has 0 heterocycles. The van der Waals surface area contributed by atoms with Gasteiger partial charge in [0.2, 0.25) is 0 Å². The van der Waals surface area contributed by atoms with E-state index in [2.05, 4.69) is 26.2 Å². The molecular weight excluding hydrogens is 300 g/mol. The summed E-state index contributed by atoms with van der Waals surface area (Å²) in [5.41, 5.74) is 4.70. The summed E-state index contributed by atoms with van der Waals surface area (Å²) in [6, 6.07) is 0. The zero-order chi connectivity index (χ0) is 17.5. The van der Waals surface area contributed by atoms with Crippen molar-refractivity contribution in [3.05, 3.63) is 17.9 Å². The zero-order valence-corrected chi connectivity index (χ0v) is 15.3. The van der Waals surface area contributed by atoms with E-state index in [1.54, 1.807) is 0 Å². The fourth-order valence-electron chi connectivity index (χ4n) is 6.63. The molecule has 3 aliphatic carbocycles. The van der Waals surface area contributed by atoms with Crippen LogP contribution in [0.2, 0.25) is 0 Å². The van der Waals surface area contributed by atoms with Crippen molar-refractivity contribution in [2.45, 2.75) is 64.9 Å². The SMILES string of the molecule is C=C=C1CCC2[C@H](CO)C([C@@]3(C)CC[C@H](O)C[C@@H]3CO)CC[C@]12C. The van der Waals surface area contributed by atoms with Gasteiger partial charge in [-0.25, -0.2) is 0 Å². The maximum atomic E-state index is 10.3. The molecule has 7 atom stereocenters. The molecular formula is C21H34O3. The van der Waals surface area contributed by atoms with Crippen LogP contribution in [-0.4, -0.2) is 34.6 Å². The zero-order valence-electron chi connectivity index (χ0n) is 15.3. The second kappa shape index (κ2) is 6.61. The maximum absolute atomic E-state index is 10.3. The highest BCUT2D eigenvalue weighted by molar-refractivity contribution is 5.22. The topological polar surface area (TPSA) is 60.7 Å². The Labute approximate surface area is 146 Å². The smallest absolute Gasteiger partial charge is 0.0544 e. The third-order valence-electron chi connectivity index (χ3n) is 8.22. The van der Waals surface area contributed by atoms with Crippen molar-refractivity contribution < 1.29 is 15.3 Å². The average molecular weight is 335 g/mol. The second-order valence-corrected chi connectivity index (χ2v) is 9.02. The molecule has 0 aromatic heterocycles. The minimum absolute atomic E-state index is 0.0172. The van der Waals surface area contributed by atoms with Gasteiger partial charge in [0.05, 0.1) is 6.10 Å². The van der Waals surface area contributed by atoms with E-state index in [0.717, 1.165) is 38.5 Å². The Morgan fingerprint density at radius 2 is 1.83 bits per heavy atom. The molecule has 24 heavy (non-hydrogen) atoms. The molecule has 0 spiro atoms. The van der Waals surface area contributed by atoms with Crippen LogP contribution in [0.25, 0.3) is 0 Å². The first-order valence-electron chi connectivity index (χ1n) is 9.70. The van der Waals surface area contributed by atoms with E-state index in [4.69, 9.17) is 0 Å². The lowest BCUT2D eigenvalue weighted by atomic mass is 9.49. The van der Waals surface area contributed by atoms with Crippen LogP contribution in [0.15, 0.2) is 17.9 Å². The molecule has 0 saturated heterocycles. The maximum Gasteiger partial charge on any atom is 0.0544 e. The van der Waals surface area contributed by atoms with Crippen molar-refractivity contribution in [2.75, 3.05) is 13.2 Å². The molecule has 0 aromatic rings. The summed E-state index contributed by atoms with van der Waals surface area (Å²) in [5, 5.41) is 30.3. The lowest BCUT2D eigenvalue weighted by Gasteiger charge is -2.56. The summed E-state index contributed by atoms with van der Waals surface area (Å²) < 4.78 is 0. The van der Waals surface area contributed by atoms with Gasteiger partial charge in [-0.05, 0) is 85.0 Å². The molecule has 0 amide bonds. The van der Waals surface area contributed by atoms with Gasteiger partial charge < -0.3 is 15.3 Å². The van der Waals surface area contributed by atoms with Crippen LogP contribution in [-0.2, 0) is 0 Å². The predicted molar refractivity (Wildman–Crippen MR) is 95.3 cm³/mol. The Morgan fingerprint density at radius 3 is 2.46 bits per heavy atom. The number of fused-ring (bicyclic) bond motifs is 1. The van der Waals surface area contributed by atoms with Crippen LogP contribution < -0.4 is 0 Å². The van der Waals surface area contributed by atoms with Crippen molar-refractivity contribution >= 4 is 0 Å². The van der Waals surface area contributed by atoms with Gasteiger partial charge >= 0.3 is 0 Å². The van der Waals surface area contributed by atoms with Crippen molar-refractivity contribution in [1.82, 2.24) is 0 Å². The van der Waals surface area contributed by atoms with Gasteiger partial charge in [-0.3, -0.25) is 0 Å². The summed E-state index contributed by atoms with van der Waals surface area (Å²) >= 11 is 0. The summed E-state index contributed by atoms with van der Waals surface area (Å²) in [6.45, 7) is 8.91. The summed E-state index contributed by atoms with van der Waals surface area (Å²) in [5.74, 6) is 1.34. The number of rotatable bonds is 3. The highest BCUT2D eigenvalue weighted by Gasteiger charge is 2.56. The van der Waals surface area contributed by atoms with Gasteiger partial charge in [0.15, 0.2) is 0 Å². The minimum Gasteiger partial charge on any atom is -0.396 e. The number of hydrogen-bond donors (Lipinski definition) is 3. The van der Waals surface area contributed by atoms with Gasteiger partial charge in [-0.15, -0.1) is 5.73 Å². The molecule has 3 heteroatoms. The molecule has 2 unspecified atom stereocenters. The van der Waals surface area contributed by atoms with Gasteiger partial charge in [0, 0.05) is 13.2 Å². The largest absolute Gasteiger partial charge is 0.396 e. The van der Waals surface area contributed by atoms with Crippen LogP contribution >= 0.6 is 0 Å². The molecule has 0 radical (unpaired) electrons. The van der Waals surface area contributed by atoms with Crippen LogP contribution in [0.1, 0.15) is 58.8 Å². The van der Waals surface area contributed by atoms with E-state index in [0.29, 0.717) is 18.3 Å². The van der Waals surface area contributed by atoms with Crippen LogP contribution in [0.3, 0.4) is 0 Å². The Morgan fingerprint density at radius 1 is 1.08 bits per heavy atom. The predicted octanol–water partition coefficient (Wildman–Crippen LogP) is 3.29. The molecule has 3 N–H and O–H groups in total. The van der Waals surface area contributed by atoms with Crippen molar-refractivity contribution in [1.29, 1.82) is 0 Å². The first kappa shape index (κ1) is 18.2. The van der Waals surface area contributed by atoms with E-state index in [1.165, 1.54) is 5.57 Å². The number of allylic oxidation sites excluding steroid dienone is 1. The molecule has 3 fully saturated rings. The number of hydrogen-bond acceptors (Lipinski definition) is 3. The normalized spacial score (nSPS) is 48.9. The van der Waals surface area contributed by atoms with E-state index >= 15 is 0 Å². The molecule has 0 aliphatic heterocycles. The van der Waals surface area contributed by atoms with Crippen molar-refractivity contribution in [3.8, 4) is 0 Å². The highest BCUT2D eigenvalue weighted by atomic mass is 16.3. The Bertz CT molecular complexity index is 523. The Hall–Kier alpha value is -0.600. The average Bonchev–Trinajstić information content (AvgIpc) is 2.92. The van der Waals surface area contributed by atoms with Gasteiger partial charge in [-0.1, -0.05) is 20.4 Å².